The fourth-order valence-electron chi connectivity index (χ4n) is 16.0. The lowest BCUT2D eigenvalue weighted by Crippen LogP contribution is -2.53. The van der Waals surface area contributed by atoms with Crippen molar-refractivity contribution in [2.75, 3.05) is 165 Å². The molecule has 35 nitrogen and oxygen atoms in total. The molecule has 4 aliphatic rings. The third-order valence-electron chi connectivity index (χ3n) is 23.6. The highest BCUT2D eigenvalue weighted by Crippen LogP contribution is 2.44. The molecule has 0 bridgehead atoms. The first-order chi connectivity index (χ1) is 66.1. The second-order valence-electron chi connectivity index (χ2n) is 32.4. The van der Waals surface area contributed by atoms with Crippen LogP contribution < -0.4 is 92.7 Å². The number of rotatable bonds is 30. The van der Waals surface area contributed by atoms with Crippen LogP contribution in [0.1, 0.15) is 86.9 Å². The highest BCUT2D eigenvalue weighted by molar-refractivity contribution is 7.89. The highest BCUT2D eigenvalue weighted by Gasteiger charge is 2.40. The Balaban J connectivity index is 0.000000174. The number of carbonyl (C=O) groups excluding carboxylic acids is 7. The van der Waals surface area contributed by atoms with Crippen LogP contribution in [0.25, 0.3) is 0 Å². The van der Waals surface area contributed by atoms with Gasteiger partial charge in [-0.05, 0) is 190 Å². The fourth-order valence-corrected chi connectivity index (χ4v) is 17.9. The molecule has 137 heavy (non-hydrogen) atoms. The van der Waals surface area contributed by atoms with Crippen LogP contribution in [0.2, 0.25) is 15.1 Å². The Morgan fingerprint density at radius 3 is 1.18 bits per heavy atom. The molecular formula is C98H106Cl3N23O12S. The van der Waals surface area contributed by atoms with E-state index in [2.05, 4.69) is 141 Å². The number of aromatic nitrogens is 6. The number of carbonyl (C=O) groups is 7. The predicted molar refractivity (Wildman–Crippen MR) is 538 cm³/mol. The SMILES string of the molecule is C=CC(=O)N1CCC2(CCCN(c3ccc(Nc4ncc(Cl)c(Nc5ccccc5C(=O)NC)n4)c(OC)c3)C2)CC1.C=CC(=O)Nc1ccc(C(=O)NC2(C)CCN(c3ccc(Nc4ncc(Cl)c(Nc5ccccc5C(=O)NC)n4)c(OC)c3)CC2)cc1.C=CC(=O)Nc1ccc(S(=O)(=O)N2CCN(c3ccc(Nc4ncc(Cl)c(Nc5ccccc5C(=O)NC)n4)c(OC)c3)CC2)cc1. The van der Waals surface area contributed by atoms with Gasteiger partial charge in [0.25, 0.3) is 23.6 Å². The average molecular weight is 1940 g/mol. The van der Waals surface area contributed by atoms with E-state index in [4.69, 9.17) is 49.0 Å². The Labute approximate surface area is 809 Å². The van der Waals surface area contributed by atoms with E-state index in [0.717, 1.165) is 94.5 Å². The second kappa shape index (κ2) is 45.7. The molecule has 4 aliphatic heterocycles. The number of anilines is 17. The number of nitrogens with zero attached hydrogens (tertiary/aromatic N) is 11. The van der Waals surface area contributed by atoms with Crippen molar-refractivity contribution in [2.45, 2.75) is 55.9 Å². The molecule has 4 fully saturated rings. The molecule has 4 saturated heterocycles. The van der Waals surface area contributed by atoms with Crippen LogP contribution in [-0.4, -0.2) is 202 Å². The normalized spacial score (nSPS) is 14.3. The summed E-state index contributed by atoms with van der Waals surface area (Å²) >= 11 is 19.2. The van der Waals surface area contributed by atoms with Gasteiger partial charge in [-0.3, -0.25) is 33.6 Å². The zero-order valence-electron chi connectivity index (χ0n) is 76.5. The fraction of sp³-hybridized carbons (Fsp3) is 0.255. The van der Waals surface area contributed by atoms with Gasteiger partial charge in [0, 0.05) is 144 Å². The quantitative estimate of drug-likeness (QED) is 0.0186. The standard InChI is InChI=1S/C35H37ClN8O4.C32H33ClN8O5S.C31H36ClN7O3/c1-5-30(45)39-23-12-10-22(11-13-23)32(46)43-35(2)16-18-44(19-17-35)24-14-15-28(29(20-24)48-4)41-34-38-21-26(36)31(42-34)40-27-9-7-6-8-25(27)33(47)37-3;1-4-29(42)36-21-9-12-23(13-10-21)47(44,45)41-17-15-40(16-18-41)22-11-14-27(28(19-22)46-3)38-32-35-20-25(33)30(39-32)37-26-8-6-5-7-24(26)31(43)34-2;1-4-27(40)38-16-13-31(14-17-38)12-7-15-39(20-31)21-10-11-25(26(18-21)42-3)36-30-34-19-23(32)28(37-30)35-24-9-6-5-8-22(24)29(41)33-2/h5-15,20-21H,1,16-19H2,2-4H3,(H,37,47)(H,39,45)(H,43,46)(H2,38,40,41,42);4-14,19-20H,1,15-18H2,2-3H3,(H,34,43)(H,36,42)(H2,35,37,38,39);4-6,8-11,18-19H,1,7,12-17,20H2,2-3H3,(H,33,41)(H2,34,35,36,37). The van der Waals surface area contributed by atoms with Crippen molar-refractivity contribution in [3.05, 3.63) is 270 Å². The van der Waals surface area contributed by atoms with Crippen LogP contribution in [0.15, 0.2) is 237 Å². The second-order valence-corrected chi connectivity index (χ2v) is 35.5. The first kappa shape index (κ1) is 99.4. The van der Waals surface area contributed by atoms with E-state index in [0.29, 0.717) is 127 Å². The van der Waals surface area contributed by atoms with Gasteiger partial charge in [0.2, 0.25) is 45.6 Å². The van der Waals surface area contributed by atoms with Gasteiger partial charge in [-0.25, -0.2) is 23.4 Å². The Bertz CT molecular complexity index is 6400. The lowest BCUT2D eigenvalue weighted by Gasteiger charge is -2.48. The third kappa shape index (κ3) is 25.1. The lowest BCUT2D eigenvalue weighted by molar-refractivity contribution is -0.128. The van der Waals surface area contributed by atoms with E-state index in [9.17, 15) is 42.0 Å². The molecule has 0 aliphatic carbocycles. The molecule has 12 N–H and O–H groups in total. The van der Waals surface area contributed by atoms with E-state index in [1.54, 1.807) is 140 Å². The summed E-state index contributed by atoms with van der Waals surface area (Å²) in [5, 5.41) is 36.2. The van der Waals surface area contributed by atoms with Crippen LogP contribution in [0, 0.1) is 5.41 Å². The zero-order chi connectivity index (χ0) is 97.5. The molecule has 1 spiro atoms. The van der Waals surface area contributed by atoms with Gasteiger partial charge in [-0.1, -0.05) is 90.9 Å². The molecule has 0 unspecified atom stereocenters. The van der Waals surface area contributed by atoms with Gasteiger partial charge in [0.1, 0.15) is 32.3 Å². The largest absolute Gasteiger partial charge is 0.494 e. The molecule has 712 valence electrons. The molecule has 0 atom stereocenters. The number of nitrogens with one attached hydrogen (secondary N) is 12. The molecule has 15 rings (SSSR count). The van der Waals surface area contributed by atoms with Gasteiger partial charge in [0.05, 0.1) is 95.6 Å². The Kier molecular flexibility index (Phi) is 33.2. The Hall–Kier alpha value is -15.1. The monoisotopic (exact) mass is 1930 g/mol. The van der Waals surface area contributed by atoms with Crippen LogP contribution >= 0.6 is 34.8 Å². The number of amides is 7. The maximum absolute atomic E-state index is 13.3. The summed E-state index contributed by atoms with van der Waals surface area (Å²) in [6.45, 7) is 19.0. The van der Waals surface area contributed by atoms with Gasteiger partial charge in [-0.15, -0.1) is 0 Å². The Morgan fingerprint density at radius 2 is 0.796 bits per heavy atom. The van der Waals surface area contributed by atoms with Crippen molar-refractivity contribution in [3.8, 4) is 17.2 Å². The third-order valence-corrected chi connectivity index (χ3v) is 26.4. The van der Waals surface area contributed by atoms with E-state index in [1.807, 2.05) is 65.6 Å². The first-order valence-electron chi connectivity index (χ1n) is 43.8. The number of piperazine rings is 1. The average Bonchev–Trinajstić information content (AvgIpc) is 0.792. The molecule has 0 saturated carbocycles. The number of hydrogen-bond donors (Lipinski definition) is 12. The number of hydrogen-bond acceptors (Lipinski definition) is 27. The molecule has 8 aromatic carbocycles. The van der Waals surface area contributed by atoms with Crippen molar-refractivity contribution < 1.29 is 56.2 Å². The summed E-state index contributed by atoms with van der Waals surface area (Å²) in [4.78, 5) is 120. The summed E-state index contributed by atoms with van der Waals surface area (Å²) in [5.74, 6) is 2.09. The molecule has 7 heterocycles. The predicted octanol–water partition coefficient (Wildman–Crippen LogP) is 15.9. The van der Waals surface area contributed by atoms with E-state index in [-0.39, 0.29) is 92.2 Å². The number of likely N-dealkylation sites (tertiary alicyclic amines) is 1. The summed E-state index contributed by atoms with van der Waals surface area (Å²) in [7, 11) is 5.77. The summed E-state index contributed by atoms with van der Waals surface area (Å²) in [6, 6.07) is 51.5. The number of benzene rings is 8. The van der Waals surface area contributed by atoms with Crippen molar-refractivity contribution >= 4 is 184 Å². The molecular weight excluding hydrogens is 1830 g/mol. The van der Waals surface area contributed by atoms with Crippen LogP contribution in [-0.2, 0) is 24.4 Å². The lowest BCUT2D eigenvalue weighted by atomic mass is 9.72. The maximum Gasteiger partial charge on any atom is 0.253 e. The molecule has 39 heteroatoms. The summed E-state index contributed by atoms with van der Waals surface area (Å²) in [6.07, 6.45) is 13.9. The minimum Gasteiger partial charge on any atom is -0.494 e. The maximum atomic E-state index is 13.3. The number of sulfonamides is 1. The number of para-hydroxylation sites is 3. The number of halogens is 3. The Morgan fingerprint density at radius 1 is 0.416 bits per heavy atom. The van der Waals surface area contributed by atoms with Crippen molar-refractivity contribution in [1.82, 2.24) is 60.4 Å². The molecule has 7 amide bonds. The van der Waals surface area contributed by atoms with Crippen LogP contribution in [0.5, 0.6) is 17.2 Å². The smallest absolute Gasteiger partial charge is 0.253 e. The highest BCUT2D eigenvalue weighted by atomic mass is 35.5. The van der Waals surface area contributed by atoms with Gasteiger partial charge in [0.15, 0.2) is 17.5 Å². The topological polar surface area (TPSA) is 419 Å². The first-order valence-corrected chi connectivity index (χ1v) is 46.4. The summed E-state index contributed by atoms with van der Waals surface area (Å²) < 4.78 is 45.1. The number of ether oxygens (including phenoxy) is 3. The number of methoxy groups -OCH3 is 3. The van der Waals surface area contributed by atoms with Crippen molar-refractivity contribution in [3.63, 3.8) is 0 Å². The summed E-state index contributed by atoms with van der Waals surface area (Å²) in [5.41, 5.74) is 9.31. The van der Waals surface area contributed by atoms with Crippen molar-refractivity contribution in [1.29, 1.82) is 0 Å². The van der Waals surface area contributed by atoms with Crippen LogP contribution in [0.4, 0.5) is 97.9 Å². The molecule has 3 aromatic heterocycles. The minimum absolute atomic E-state index is 0.0200. The van der Waals surface area contributed by atoms with Crippen molar-refractivity contribution in [2.24, 2.45) is 5.41 Å². The van der Waals surface area contributed by atoms with E-state index >= 15 is 0 Å². The van der Waals surface area contributed by atoms with Gasteiger partial charge < -0.3 is 97.6 Å². The minimum atomic E-state index is -3.72. The molecule has 11 aromatic rings. The van der Waals surface area contributed by atoms with Gasteiger partial charge >= 0.3 is 0 Å². The molecule has 0 radical (unpaired) electrons. The van der Waals surface area contributed by atoms with E-state index in [1.165, 1.54) is 53.6 Å². The van der Waals surface area contributed by atoms with Gasteiger partial charge in [-0.2, -0.15) is 19.3 Å². The van der Waals surface area contributed by atoms with Crippen LogP contribution in [0.3, 0.4) is 0 Å². The number of piperidine rings is 3. The van der Waals surface area contributed by atoms with E-state index < -0.39 is 10.0 Å². The zero-order valence-corrected chi connectivity index (χ0v) is 79.6.